The molecule has 0 aromatic rings. The Morgan fingerprint density at radius 2 is 0.651 bits per heavy atom. The minimum absolute atomic E-state index is 0.376. The molecule has 372 valence electrons. The normalized spacial score (nSPS) is 13.5. The summed E-state index contributed by atoms with van der Waals surface area (Å²) < 4.78 is 0. The van der Waals surface area contributed by atoms with Crippen LogP contribution in [0.15, 0.2) is 36.5 Å². The van der Waals surface area contributed by atoms with Crippen LogP contribution in [-0.2, 0) is 4.79 Å². The molecule has 0 bridgehead atoms. The molecular weight excluding hydrogens is 775 g/mol. The molecular formula is C58H111NO4. The van der Waals surface area contributed by atoms with Gasteiger partial charge in [0.25, 0.3) is 0 Å². The average molecular weight is 887 g/mol. The summed E-state index contributed by atoms with van der Waals surface area (Å²) in [4.78, 5) is 12.5. The third-order valence-electron chi connectivity index (χ3n) is 13.2. The van der Waals surface area contributed by atoms with Crippen molar-refractivity contribution < 1.29 is 20.1 Å². The van der Waals surface area contributed by atoms with Gasteiger partial charge in [-0.15, -0.1) is 0 Å². The van der Waals surface area contributed by atoms with Crippen molar-refractivity contribution in [1.29, 1.82) is 0 Å². The molecule has 0 fully saturated rings. The highest BCUT2D eigenvalue weighted by Crippen LogP contribution is 2.17. The zero-order chi connectivity index (χ0) is 45.8. The largest absolute Gasteiger partial charge is 0.394 e. The number of unbranched alkanes of at least 4 members (excludes halogenated alkanes) is 40. The Bertz CT molecular complexity index is 978. The van der Waals surface area contributed by atoms with Crippen LogP contribution >= 0.6 is 0 Å². The molecule has 5 nitrogen and oxygen atoms in total. The summed E-state index contributed by atoms with van der Waals surface area (Å²) in [7, 11) is 0. The summed E-state index contributed by atoms with van der Waals surface area (Å²) in [5.41, 5.74) is 0. The van der Waals surface area contributed by atoms with E-state index in [-0.39, 0.29) is 6.61 Å². The van der Waals surface area contributed by atoms with Crippen molar-refractivity contribution in [2.24, 2.45) is 0 Å². The van der Waals surface area contributed by atoms with Crippen molar-refractivity contribution in [3.8, 4) is 0 Å². The number of amides is 1. The van der Waals surface area contributed by atoms with Gasteiger partial charge in [0, 0.05) is 0 Å². The summed E-state index contributed by atoms with van der Waals surface area (Å²) in [6.45, 7) is 4.21. The van der Waals surface area contributed by atoms with Crippen LogP contribution < -0.4 is 5.32 Å². The van der Waals surface area contributed by atoms with Gasteiger partial charge in [-0.2, -0.15) is 0 Å². The molecule has 0 saturated heterocycles. The summed E-state index contributed by atoms with van der Waals surface area (Å²) in [6.07, 6.45) is 69.4. The fourth-order valence-corrected chi connectivity index (χ4v) is 8.79. The Hall–Kier alpha value is -1.43. The Morgan fingerprint density at radius 1 is 0.381 bits per heavy atom. The van der Waals surface area contributed by atoms with Gasteiger partial charge in [-0.05, 0) is 57.8 Å². The number of nitrogens with one attached hydrogen (secondary N) is 1. The average Bonchev–Trinajstić information content (AvgIpc) is 3.29. The standard InChI is InChI=1S/C58H111NO4/c1-3-5-7-9-11-13-15-17-19-21-23-25-27-29-31-32-34-36-38-40-42-44-46-48-50-52-56(61)55(54-60)59-58(63)57(62)53-51-49-47-45-43-41-39-37-35-33-30-28-26-24-22-20-18-16-14-12-10-8-6-4-2/h30,33,42,44,50,52,55-57,60-62H,3-29,31-32,34-41,43,45-49,51,53-54H2,1-2H3,(H,59,63)/b33-30-,44-42+,52-50+. The maximum Gasteiger partial charge on any atom is 0.249 e. The topological polar surface area (TPSA) is 89.8 Å². The molecule has 0 radical (unpaired) electrons. The highest BCUT2D eigenvalue weighted by molar-refractivity contribution is 5.80. The van der Waals surface area contributed by atoms with Crippen molar-refractivity contribution in [3.63, 3.8) is 0 Å². The number of aliphatic hydroxyl groups is 3. The molecule has 0 aliphatic heterocycles. The Kier molecular flexibility index (Phi) is 52.0. The van der Waals surface area contributed by atoms with E-state index in [0.29, 0.717) is 6.42 Å². The van der Waals surface area contributed by atoms with Gasteiger partial charge >= 0.3 is 0 Å². The molecule has 0 rings (SSSR count). The molecule has 0 aromatic carbocycles. The second-order valence-electron chi connectivity index (χ2n) is 19.5. The molecule has 0 spiro atoms. The predicted octanol–water partition coefficient (Wildman–Crippen LogP) is 17.4. The van der Waals surface area contributed by atoms with Gasteiger partial charge in [0.2, 0.25) is 5.91 Å². The number of aliphatic hydroxyl groups excluding tert-OH is 3. The molecule has 0 heterocycles. The molecule has 3 atom stereocenters. The maximum atomic E-state index is 12.5. The first-order chi connectivity index (χ1) is 31.1. The number of carbonyl (C=O) groups excluding carboxylic acids is 1. The van der Waals surface area contributed by atoms with Gasteiger partial charge in [0.05, 0.1) is 18.8 Å². The lowest BCUT2D eigenvalue weighted by Crippen LogP contribution is -2.48. The Labute approximate surface area is 394 Å². The zero-order valence-electron chi connectivity index (χ0n) is 42.5. The molecule has 0 aromatic heterocycles. The van der Waals surface area contributed by atoms with Crippen molar-refractivity contribution in [3.05, 3.63) is 36.5 Å². The lowest BCUT2D eigenvalue weighted by Gasteiger charge is -2.21. The van der Waals surface area contributed by atoms with Crippen molar-refractivity contribution >= 4 is 5.91 Å². The first kappa shape index (κ1) is 61.6. The van der Waals surface area contributed by atoms with Crippen LogP contribution in [0.5, 0.6) is 0 Å². The molecule has 0 saturated carbocycles. The fourth-order valence-electron chi connectivity index (χ4n) is 8.79. The monoisotopic (exact) mass is 886 g/mol. The van der Waals surface area contributed by atoms with E-state index in [1.807, 2.05) is 6.08 Å². The Morgan fingerprint density at radius 3 is 0.968 bits per heavy atom. The first-order valence-electron chi connectivity index (χ1n) is 28.3. The summed E-state index contributed by atoms with van der Waals surface area (Å²) in [6, 6.07) is -0.817. The molecule has 3 unspecified atom stereocenters. The van der Waals surface area contributed by atoms with Crippen LogP contribution in [0.4, 0.5) is 0 Å². The minimum atomic E-state index is -1.11. The van der Waals surface area contributed by atoms with Gasteiger partial charge in [0.15, 0.2) is 0 Å². The molecule has 5 heteroatoms. The number of carbonyl (C=O) groups is 1. The van der Waals surface area contributed by atoms with Crippen LogP contribution in [-0.4, -0.2) is 46.1 Å². The SMILES string of the molecule is CCCCCCCCCCCCCC/C=C\CCCCCCCCCCC(O)C(=O)NC(CO)C(O)/C=C/CC/C=C/CCCCCCCCCCCCCCCCCCCCC. The highest BCUT2D eigenvalue weighted by Gasteiger charge is 2.22. The van der Waals surface area contributed by atoms with Crippen LogP contribution in [0.25, 0.3) is 0 Å². The van der Waals surface area contributed by atoms with Crippen molar-refractivity contribution in [2.75, 3.05) is 6.61 Å². The quantitative estimate of drug-likeness (QED) is 0.0362. The Balaban J connectivity index is 3.61. The summed E-state index contributed by atoms with van der Waals surface area (Å²) in [5, 5.41) is 33.3. The van der Waals surface area contributed by atoms with E-state index in [1.54, 1.807) is 6.08 Å². The third kappa shape index (κ3) is 48.3. The van der Waals surface area contributed by atoms with Crippen LogP contribution in [0.3, 0.4) is 0 Å². The predicted molar refractivity (Wildman–Crippen MR) is 278 cm³/mol. The summed E-state index contributed by atoms with van der Waals surface area (Å²) in [5.74, 6) is -0.512. The maximum absolute atomic E-state index is 12.5. The zero-order valence-corrected chi connectivity index (χ0v) is 42.5. The van der Waals surface area contributed by atoms with Gasteiger partial charge in [-0.3, -0.25) is 4.79 Å². The first-order valence-corrected chi connectivity index (χ1v) is 28.3. The molecule has 0 aliphatic rings. The van der Waals surface area contributed by atoms with E-state index in [1.165, 1.54) is 244 Å². The van der Waals surface area contributed by atoms with E-state index < -0.39 is 24.2 Å². The van der Waals surface area contributed by atoms with Crippen LogP contribution in [0.2, 0.25) is 0 Å². The van der Waals surface area contributed by atoms with Gasteiger partial charge in [0.1, 0.15) is 6.10 Å². The van der Waals surface area contributed by atoms with Crippen molar-refractivity contribution in [2.45, 2.75) is 321 Å². The van der Waals surface area contributed by atoms with Crippen LogP contribution in [0, 0.1) is 0 Å². The lowest BCUT2D eigenvalue weighted by atomic mass is 10.0. The number of hydrogen-bond donors (Lipinski definition) is 4. The van der Waals surface area contributed by atoms with E-state index >= 15 is 0 Å². The molecule has 63 heavy (non-hydrogen) atoms. The van der Waals surface area contributed by atoms with E-state index in [0.717, 1.165) is 38.5 Å². The fraction of sp³-hybridized carbons (Fsp3) is 0.879. The van der Waals surface area contributed by atoms with Gasteiger partial charge < -0.3 is 20.6 Å². The van der Waals surface area contributed by atoms with Crippen LogP contribution in [0.1, 0.15) is 303 Å². The number of allylic oxidation sites excluding steroid dienone is 5. The van der Waals surface area contributed by atoms with Gasteiger partial charge in [-0.1, -0.05) is 281 Å². The smallest absolute Gasteiger partial charge is 0.249 e. The van der Waals surface area contributed by atoms with E-state index in [2.05, 4.69) is 43.5 Å². The highest BCUT2D eigenvalue weighted by atomic mass is 16.3. The van der Waals surface area contributed by atoms with Gasteiger partial charge in [-0.25, -0.2) is 0 Å². The molecule has 4 N–H and O–H groups in total. The minimum Gasteiger partial charge on any atom is -0.394 e. The lowest BCUT2D eigenvalue weighted by molar-refractivity contribution is -0.131. The second-order valence-corrected chi connectivity index (χ2v) is 19.5. The molecule has 0 aliphatic carbocycles. The third-order valence-corrected chi connectivity index (χ3v) is 13.2. The van der Waals surface area contributed by atoms with E-state index in [4.69, 9.17) is 0 Å². The van der Waals surface area contributed by atoms with E-state index in [9.17, 15) is 20.1 Å². The number of hydrogen-bond acceptors (Lipinski definition) is 4. The summed E-state index contributed by atoms with van der Waals surface area (Å²) >= 11 is 0. The number of rotatable bonds is 52. The van der Waals surface area contributed by atoms with Crippen molar-refractivity contribution in [1.82, 2.24) is 5.32 Å². The second kappa shape index (κ2) is 53.2. The molecule has 1 amide bonds.